The monoisotopic (exact) mass is 338 g/mol. The third-order valence-corrected chi connectivity index (χ3v) is 2.31. The van der Waals surface area contributed by atoms with Crippen molar-refractivity contribution < 1.29 is 45.4 Å². The SMILES string of the molecule is O=C(CCCCCCC(=O)OCC(F)(F)F)OCC(F)(F)F. The van der Waals surface area contributed by atoms with Gasteiger partial charge in [0.05, 0.1) is 0 Å². The van der Waals surface area contributed by atoms with Gasteiger partial charge in [-0.2, -0.15) is 26.3 Å². The predicted octanol–water partition coefficient (Wildman–Crippen LogP) is 3.54. The molecule has 0 spiro atoms. The van der Waals surface area contributed by atoms with Crippen LogP contribution in [0.25, 0.3) is 0 Å². The molecule has 0 N–H and O–H groups in total. The van der Waals surface area contributed by atoms with Gasteiger partial charge in [0.25, 0.3) is 0 Å². The van der Waals surface area contributed by atoms with E-state index in [1.807, 2.05) is 0 Å². The van der Waals surface area contributed by atoms with Gasteiger partial charge in [0, 0.05) is 12.8 Å². The van der Waals surface area contributed by atoms with E-state index in [9.17, 15) is 35.9 Å². The average molecular weight is 338 g/mol. The van der Waals surface area contributed by atoms with Gasteiger partial charge in [0.1, 0.15) is 0 Å². The minimum atomic E-state index is -4.56. The van der Waals surface area contributed by atoms with Crippen LogP contribution in [0.5, 0.6) is 0 Å². The van der Waals surface area contributed by atoms with E-state index in [1.54, 1.807) is 0 Å². The van der Waals surface area contributed by atoms with Gasteiger partial charge < -0.3 is 9.47 Å². The summed E-state index contributed by atoms with van der Waals surface area (Å²) in [4.78, 5) is 21.8. The first-order valence-corrected chi connectivity index (χ1v) is 6.44. The van der Waals surface area contributed by atoms with Gasteiger partial charge in [-0.1, -0.05) is 12.8 Å². The second-order valence-electron chi connectivity index (χ2n) is 4.47. The Morgan fingerprint density at radius 3 is 1.23 bits per heavy atom. The summed E-state index contributed by atoms with van der Waals surface area (Å²) in [5.41, 5.74) is 0. The molecule has 10 heteroatoms. The molecular weight excluding hydrogens is 322 g/mol. The van der Waals surface area contributed by atoms with Gasteiger partial charge in [0.15, 0.2) is 13.2 Å². The molecule has 0 aromatic carbocycles. The number of halogens is 6. The molecule has 0 radical (unpaired) electrons. The number of ether oxygens (including phenoxy) is 2. The van der Waals surface area contributed by atoms with Crippen LogP contribution in [-0.2, 0) is 19.1 Å². The maximum Gasteiger partial charge on any atom is 0.422 e. The molecule has 4 nitrogen and oxygen atoms in total. The van der Waals surface area contributed by atoms with E-state index in [0.717, 1.165) is 0 Å². The first-order chi connectivity index (χ1) is 9.99. The van der Waals surface area contributed by atoms with Crippen molar-refractivity contribution in [3.63, 3.8) is 0 Å². The molecule has 0 fully saturated rings. The summed E-state index contributed by atoms with van der Waals surface area (Å²) in [5, 5.41) is 0. The summed E-state index contributed by atoms with van der Waals surface area (Å²) in [7, 11) is 0. The fourth-order valence-corrected chi connectivity index (χ4v) is 1.36. The molecule has 0 saturated heterocycles. The van der Waals surface area contributed by atoms with E-state index in [2.05, 4.69) is 9.47 Å². The van der Waals surface area contributed by atoms with Gasteiger partial charge in [-0.3, -0.25) is 9.59 Å². The van der Waals surface area contributed by atoms with E-state index in [1.165, 1.54) is 0 Å². The average Bonchev–Trinajstić information content (AvgIpc) is 2.36. The topological polar surface area (TPSA) is 52.6 Å². The molecule has 0 aliphatic heterocycles. The Labute approximate surface area is 122 Å². The first-order valence-electron chi connectivity index (χ1n) is 6.44. The molecular formula is C12H16F6O4. The predicted molar refractivity (Wildman–Crippen MR) is 61.7 cm³/mol. The van der Waals surface area contributed by atoms with Crippen molar-refractivity contribution in [1.29, 1.82) is 0 Å². The second-order valence-corrected chi connectivity index (χ2v) is 4.47. The molecule has 0 aromatic rings. The standard InChI is InChI=1S/C12H16F6O4/c13-11(14,15)7-21-9(19)5-3-1-2-4-6-10(20)22-8-12(16,17)18/h1-8H2. The van der Waals surface area contributed by atoms with Crippen LogP contribution in [-0.4, -0.2) is 37.5 Å². The normalized spacial score (nSPS) is 12.1. The molecule has 0 rings (SSSR count). The molecule has 0 amide bonds. The number of hydrogen-bond donors (Lipinski definition) is 0. The molecule has 0 saturated carbocycles. The fraction of sp³-hybridized carbons (Fsp3) is 0.833. The highest BCUT2D eigenvalue weighted by atomic mass is 19.4. The molecule has 0 aliphatic rings. The number of hydrogen-bond acceptors (Lipinski definition) is 4. The molecule has 0 unspecified atom stereocenters. The van der Waals surface area contributed by atoms with Crippen molar-refractivity contribution in [2.24, 2.45) is 0 Å². The van der Waals surface area contributed by atoms with Crippen LogP contribution in [0, 0.1) is 0 Å². The molecule has 0 heterocycles. The highest BCUT2D eigenvalue weighted by molar-refractivity contribution is 5.69. The van der Waals surface area contributed by atoms with Crippen LogP contribution >= 0.6 is 0 Å². The van der Waals surface area contributed by atoms with E-state index >= 15 is 0 Å². The fourth-order valence-electron chi connectivity index (χ4n) is 1.36. The third kappa shape index (κ3) is 14.9. The van der Waals surface area contributed by atoms with Crippen molar-refractivity contribution in [2.45, 2.75) is 50.9 Å². The lowest BCUT2D eigenvalue weighted by atomic mass is 10.1. The zero-order valence-corrected chi connectivity index (χ0v) is 11.6. The van der Waals surface area contributed by atoms with E-state index in [4.69, 9.17) is 0 Å². The summed E-state index contributed by atoms with van der Waals surface area (Å²) in [5.74, 6) is -1.94. The van der Waals surface area contributed by atoms with Gasteiger partial charge in [-0.25, -0.2) is 0 Å². The van der Waals surface area contributed by atoms with Crippen molar-refractivity contribution in [2.75, 3.05) is 13.2 Å². The number of rotatable bonds is 9. The number of carbonyl (C=O) groups excluding carboxylic acids is 2. The first kappa shape index (κ1) is 20.5. The van der Waals surface area contributed by atoms with Crippen LogP contribution in [0.2, 0.25) is 0 Å². The molecule has 0 aromatic heterocycles. The highest BCUT2D eigenvalue weighted by Crippen LogP contribution is 2.16. The highest BCUT2D eigenvalue weighted by Gasteiger charge is 2.30. The summed E-state index contributed by atoms with van der Waals surface area (Å²) >= 11 is 0. The summed E-state index contributed by atoms with van der Waals surface area (Å²) in [6.07, 6.45) is -8.08. The smallest absolute Gasteiger partial charge is 0.422 e. The molecule has 0 aliphatic carbocycles. The minimum absolute atomic E-state index is 0.186. The van der Waals surface area contributed by atoms with Gasteiger partial charge in [-0.15, -0.1) is 0 Å². The zero-order valence-electron chi connectivity index (χ0n) is 11.6. The molecule has 0 bridgehead atoms. The van der Waals surface area contributed by atoms with Gasteiger partial charge >= 0.3 is 24.3 Å². The number of carbonyl (C=O) groups is 2. The van der Waals surface area contributed by atoms with Gasteiger partial charge in [0.2, 0.25) is 0 Å². The summed E-state index contributed by atoms with van der Waals surface area (Å²) < 4.78 is 78.3. The Kier molecular flexibility index (Phi) is 8.88. The molecule has 22 heavy (non-hydrogen) atoms. The Hall–Kier alpha value is -1.48. The van der Waals surface area contributed by atoms with Crippen LogP contribution in [0.3, 0.4) is 0 Å². The van der Waals surface area contributed by atoms with E-state index in [0.29, 0.717) is 12.8 Å². The summed E-state index contributed by atoms with van der Waals surface area (Å²) in [6, 6.07) is 0. The van der Waals surface area contributed by atoms with Crippen molar-refractivity contribution in [3.05, 3.63) is 0 Å². The number of esters is 2. The zero-order chi connectivity index (χ0) is 17.2. The van der Waals surface area contributed by atoms with E-state index < -0.39 is 37.5 Å². The van der Waals surface area contributed by atoms with E-state index in [-0.39, 0.29) is 25.7 Å². The van der Waals surface area contributed by atoms with Crippen molar-refractivity contribution >= 4 is 11.9 Å². The lowest BCUT2D eigenvalue weighted by Gasteiger charge is -2.08. The largest absolute Gasteiger partial charge is 0.456 e. The summed E-state index contributed by atoms with van der Waals surface area (Å²) in [6.45, 7) is -3.26. The lowest BCUT2D eigenvalue weighted by Crippen LogP contribution is -2.20. The minimum Gasteiger partial charge on any atom is -0.456 e. The second kappa shape index (κ2) is 9.52. The van der Waals surface area contributed by atoms with Gasteiger partial charge in [-0.05, 0) is 12.8 Å². The number of unbranched alkanes of at least 4 members (excludes halogenated alkanes) is 3. The quantitative estimate of drug-likeness (QED) is 0.367. The van der Waals surface area contributed by atoms with Crippen LogP contribution in [0.1, 0.15) is 38.5 Å². The van der Waals surface area contributed by atoms with Crippen molar-refractivity contribution in [3.8, 4) is 0 Å². The number of alkyl halides is 6. The molecule has 130 valence electrons. The Morgan fingerprint density at radius 2 is 0.955 bits per heavy atom. The van der Waals surface area contributed by atoms with Crippen molar-refractivity contribution in [1.82, 2.24) is 0 Å². The van der Waals surface area contributed by atoms with Crippen LogP contribution < -0.4 is 0 Å². The maximum absolute atomic E-state index is 11.7. The Morgan fingerprint density at radius 1 is 0.636 bits per heavy atom. The van der Waals surface area contributed by atoms with Crippen LogP contribution in [0.4, 0.5) is 26.3 Å². The maximum atomic E-state index is 11.7. The lowest BCUT2D eigenvalue weighted by molar-refractivity contribution is -0.186. The third-order valence-electron chi connectivity index (χ3n) is 2.31. The molecule has 0 atom stereocenters. The Bertz CT molecular complexity index is 317. The Balaban J connectivity index is 3.50. The van der Waals surface area contributed by atoms with Crippen LogP contribution in [0.15, 0.2) is 0 Å².